The summed E-state index contributed by atoms with van der Waals surface area (Å²) in [7, 11) is 0. The smallest absolute Gasteiger partial charge is 0.101 e. The molecule has 17 heavy (non-hydrogen) atoms. The average molecular weight is 250 g/mol. The van der Waals surface area contributed by atoms with Gasteiger partial charge in [-0.15, -0.1) is 0 Å². The van der Waals surface area contributed by atoms with Crippen LogP contribution in [0.4, 0.5) is 5.69 Å². The van der Waals surface area contributed by atoms with Crippen LogP contribution in [0.25, 0.3) is 0 Å². The van der Waals surface area contributed by atoms with Crippen LogP contribution in [0.15, 0.2) is 23.2 Å². The molecule has 0 atom stereocenters. The molecular weight excluding hydrogens is 228 g/mol. The van der Waals surface area contributed by atoms with Crippen molar-refractivity contribution in [3.8, 4) is 0 Å². The van der Waals surface area contributed by atoms with Gasteiger partial charge >= 0.3 is 0 Å². The Hall–Kier alpha value is -0.960. The van der Waals surface area contributed by atoms with E-state index in [0.717, 1.165) is 11.4 Å². The minimum absolute atomic E-state index is 0.467. The van der Waals surface area contributed by atoms with Crippen LogP contribution in [0.3, 0.4) is 0 Å². The first kappa shape index (κ1) is 14.1. The van der Waals surface area contributed by atoms with Crippen molar-refractivity contribution in [3.05, 3.63) is 29.3 Å². The third kappa shape index (κ3) is 4.43. The van der Waals surface area contributed by atoms with Gasteiger partial charge in [-0.3, -0.25) is 0 Å². The average Bonchev–Trinajstić information content (AvgIpc) is 2.25. The summed E-state index contributed by atoms with van der Waals surface area (Å²) >= 11 is 1.80. The highest BCUT2D eigenvalue weighted by Gasteiger charge is 2.04. The number of hydrogen-bond acceptors (Lipinski definition) is 2. The maximum Gasteiger partial charge on any atom is 0.101 e. The van der Waals surface area contributed by atoms with Crippen LogP contribution in [0.5, 0.6) is 0 Å². The monoisotopic (exact) mass is 250 g/mol. The van der Waals surface area contributed by atoms with E-state index in [1.165, 1.54) is 11.1 Å². The summed E-state index contributed by atoms with van der Waals surface area (Å²) in [4.78, 5) is 4.57. The van der Waals surface area contributed by atoms with Gasteiger partial charge in [-0.2, -0.15) is 0 Å². The lowest BCUT2D eigenvalue weighted by Gasteiger charge is -2.21. The lowest BCUT2D eigenvalue weighted by molar-refractivity contribution is 0.563. The minimum Gasteiger partial charge on any atom is -0.304 e. The van der Waals surface area contributed by atoms with Gasteiger partial charge in [-0.1, -0.05) is 24.6 Å². The molecule has 0 heterocycles. The van der Waals surface area contributed by atoms with Crippen LogP contribution in [-0.2, 0) is 0 Å². The fourth-order valence-electron chi connectivity index (χ4n) is 1.53. The molecule has 0 aliphatic heterocycles. The number of benzene rings is 1. The SMILES string of the molecule is CCSN(C=Nc1ccc(C)cc1C)C(C)C. The van der Waals surface area contributed by atoms with Gasteiger partial charge in [-0.05, 0) is 51.3 Å². The van der Waals surface area contributed by atoms with Gasteiger partial charge in [0.1, 0.15) is 6.34 Å². The molecule has 1 aromatic rings. The molecule has 0 N–H and O–H groups in total. The summed E-state index contributed by atoms with van der Waals surface area (Å²) in [5, 5.41) is 0. The fraction of sp³-hybridized carbons (Fsp3) is 0.500. The van der Waals surface area contributed by atoms with E-state index in [9.17, 15) is 0 Å². The third-order valence-corrected chi connectivity index (χ3v) is 3.52. The van der Waals surface area contributed by atoms with Gasteiger partial charge in [0.05, 0.1) is 5.69 Å². The van der Waals surface area contributed by atoms with Crippen molar-refractivity contribution in [1.82, 2.24) is 4.31 Å². The zero-order valence-electron chi connectivity index (χ0n) is 11.4. The Morgan fingerprint density at radius 1 is 1.35 bits per heavy atom. The molecule has 0 aliphatic carbocycles. The van der Waals surface area contributed by atoms with Crippen LogP contribution in [-0.4, -0.2) is 22.4 Å². The van der Waals surface area contributed by atoms with Crippen LogP contribution >= 0.6 is 11.9 Å². The Morgan fingerprint density at radius 3 is 2.59 bits per heavy atom. The molecular formula is C14H22N2S. The maximum atomic E-state index is 4.57. The second kappa shape index (κ2) is 6.70. The first-order valence-corrected chi connectivity index (χ1v) is 7.01. The molecule has 0 spiro atoms. The second-order valence-electron chi connectivity index (χ2n) is 4.41. The number of nitrogens with zero attached hydrogens (tertiary/aromatic N) is 2. The first-order valence-electron chi connectivity index (χ1n) is 6.07. The van der Waals surface area contributed by atoms with Crippen LogP contribution in [0.1, 0.15) is 31.9 Å². The Labute approximate surface area is 109 Å². The summed E-state index contributed by atoms with van der Waals surface area (Å²) in [6, 6.07) is 6.82. The van der Waals surface area contributed by atoms with Crippen molar-refractivity contribution in [1.29, 1.82) is 0 Å². The molecule has 2 nitrogen and oxygen atoms in total. The largest absolute Gasteiger partial charge is 0.304 e. The highest BCUT2D eigenvalue weighted by Crippen LogP contribution is 2.20. The highest BCUT2D eigenvalue weighted by molar-refractivity contribution is 7.97. The highest BCUT2D eigenvalue weighted by atomic mass is 32.2. The maximum absolute atomic E-state index is 4.57. The van der Waals surface area contributed by atoms with Gasteiger partial charge in [0.15, 0.2) is 0 Å². The standard InChI is InChI=1S/C14H22N2S/c1-6-17-16(11(2)3)10-15-14-8-7-12(4)9-13(14)5/h7-11H,6H2,1-5H3. The molecule has 0 bridgehead atoms. The molecule has 3 heteroatoms. The van der Waals surface area contributed by atoms with Crippen LogP contribution in [0.2, 0.25) is 0 Å². The topological polar surface area (TPSA) is 15.6 Å². The van der Waals surface area contributed by atoms with Crippen molar-refractivity contribution >= 4 is 24.0 Å². The second-order valence-corrected chi connectivity index (χ2v) is 5.66. The Bertz CT molecular complexity index is 386. The zero-order valence-corrected chi connectivity index (χ0v) is 12.2. The zero-order chi connectivity index (χ0) is 12.8. The normalized spacial score (nSPS) is 11.4. The van der Waals surface area contributed by atoms with Gasteiger partial charge < -0.3 is 4.31 Å². The van der Waals surface area contributed by atoms with Crippen molar-refractivity contribution in [2.45, 2.75) is 40.7 Å². The molecule has 0 saturated carbocycles. The van der Waals surface area contributed by atoms with E-state index in [2.05, 4.69) is 62.1 Å². The molecule has 1 rings (SSSR count). The predicted octanol–water partition coefficient (Wildman–Crippen LogP) is 4.34. The molecule has 0 aromatic heterocycles. The van der Waals surface area contributed by atoms with Crippen LogP contribution < -0.4 is 0 Å². The number of hydrogen-bond donors (Lipinski definition) is 0. The van der Waals surface area contributed by atoms with Gasteiger partial charge in [0, 0.05) is 11.8 Å². The van der Waals surface area contributed by atoms with Crippen LogP contribution in [0, 0.1) is 13.8 Å². The molecule has 0 radical (unpaired) electrons. The third-order valence-electron chi connectivity index (χ3n) is 2.45. The summed E-state index contributed by atoms with van der Waals surface area (Å²) < 4.78 is 2.19. The van der Waals surface area contributed by atoms with Crippen molar-refractivity contribution < 1.29 is 0 Å². The van der Waals surface area contributed by atoms with E-state index in [0.29, 0.717) is 6.04 Å². The summed E-state index contributed by atoms with van der Waals surface area (Å²) in [5.41, 5.74) is 3.56. The Kier molecular flexibility index (Phi) is 5.56. The van der Waals surface area contributed by atoms with E-state index in [1.54, 1.807) is 11.9 Å². The molecule has 0 fully saturated rings. The summed E-state index contributed by atoms with van der Waals surface area (Å²) in [6.45, 7) is 10.7. The van der Waals surface area contributed by atoms with E-state index < -0.39 is 0 Å². The number of aliphatic imine (C=N–C) groups is 1. The number of rotatable bonds is 5. The lowest BCUT2D eigenvalue weighted by atomic mass is 10.1. The summed E-state index contributed by atoms with van der Waals surface area (Å²) in [6.07, 6.45) is 1.94. The van der Waals surface area contributed by atoms with Gasteiger partial charge in [0.2, 0.25) is 0 Å². The summed E-state index contributed by atoms with van der Waals surface area (Å²) in [5.74, 6) is 1.07. The molecule has 0 aliphatic rings. The lowest BCUT2D eigenvalue weighted by Crippen LogP contribution is -2.22. The Balaban J connectivity index is 2.80. The molecule has 0 saturated heterocycles. The molecule has 0 unspecified atom stereocenters. The van der Waals surface area contributed by atoms with Crippen molar-refractivity contribution in [2.75, 3.05) is 5.75 Å². The van der Waals surface area contributed by atoms with E-state index >= 15 is 0 Å². The first-order chi connectivity index (χ1) is 8.04. The Morgan fingerprint density at radius 2 is 2.06 bits per heavy atom. The predicted molar refractivity (Wildman–Crippen MR) is 79.2 cm³/mol. The van der Waals surface area contributed by atoms with E-state index in [4.69, 9.17) is 0 Å². The van der Waals surface area contributed by atoms with Gasteiger partial charge in [0.25, 0.3) is 0 Å². The quantitative estimate of drug-likeness (QED) is 0.439. The fourth-order valence-corrected chi connectivity index (χ4v) is 2.24. The van der Waals surface area contributed by atoms with E-state index in [1.807, 2.05) is 6.34 Å². The van der Waals surface area contributed by atoms with Crippen molar-refractivity contribution in [2.24, 2.45) is 4.99 Å². The van der Waals surface area contributed by atoms with E-state index in [-0.39, 0.29) is 0 Å². The molecule has 1 aromatic carbocycles. The number of aryl methyl sites for hydroxylation is 2. The molecule has 94 valence electrons. The minimum atomic E-state index is 0.467. The van der Waals surface area contributed by atoms with Gasteiger partial charge in [-0.25, -0.2) is 4.99 Å². The van der Waals surface area contributed by atoms with Crippen molar-refractivity contribution in [3.63, 3.8) is 0 Å². The molecule has 0 amide bonds.